The molecule has 0 heterocycles. The van der Waals surface area contributed by atoms with Crippen molar-refractivity contribution in [1.29, 1.82) is 0 Å². The van der Waals surface area contributed by atoms with E-state index < -0.39 is 0 Å². The predicted octanol–water partition coefficient (Wildman–Crippen LogP) is 20.3. The lowest BCUT2D eigenvalue weighted by molar-refractivity contribution is 1.50. The maximum Gasteiger partial charge on any atom is 0.191 e. The Hall–Kier alpha value is -4.62. The van der Waals surface area contributed by atoms with Gasteiger partial charge in [-0.05, 0) is 44.5 Å². The summed E-state index contributed by atoms with van der Waals surface area (Å²) < 4.78 is 0. The smallest absolute Gasteiger partial charge is 0.0814 e. The van der Waals surface area contributed by atoms with Gasteiger partial charge in [0.2, 0.25) is 0 Å². The van der Waals surface area contributed by atoms with Gasteiger partial charge in [-0.1, -0.05) is 335 Å². The van der Waals surface area contributed by atoms with Gasteiger partial charge in [0.25, 0.3) is 0 Å². The second-order valence-corrected chi connectivity index (χ2v) is 9.28. The topological polar surface area (TPSA) is 0 Å². The summed E-state index contributed by atoms with van der Waals surface area (Å²) in [5, 5.41) is 0. The molecule has 0 aliphatic carbocycles. The molecular formula is C60H98B. The van der Waals surface area contributed by atoms with E-state index in [0.717, 1.165) is 0 Å². The second-order valence-electron chi connectivity index (χ2n) is 9.28. The summed E-state index contributed by atoms with van der Waals surface area (Å²) in [6.07, 6.45) is 0. The zero-order chi connectivity index (χ0) is 48.9. The van der Waals surface area contributed by atoms with Crippen molar-refractivity contribution in [1.82, 2.24) is 0 Å². The lowest BCUT2D eigenvalue weighted by atomic mass is 9.63. The van der Waals surface area contributed by atoms with Gasteiger partial charge in [-0.25, -0.2) is 0 Å². The molecule has 0 nitrogen and oxygen atoms in total. The first kappa shape index (κ1) is 70.9. The molecule has 0 unspecified atom stereocenters. The molecule has 341 valence electrons. The highest BCUT2D eigenvalue weighted by Crippen LogP contribution is 2.25. The molecule has 0 amide bonds. The predicted molar refractivity (Wildman–Crippen MR) is 296 cm³/mol. The molecule has 0 N–H and O–H groups in total. The summed E-state index contributed by atoms with van der Waals surface area (Å²) in [5.41, 5.74) is 12.3. The van der Waals surface area contributed by atoms with E-state index in [-0.39, 0.29) is 0 Å². The molecule has 0 bridgehead atoms. The summed E-state index contributed by atoms with van der Waals surface area (Å²) >= 11 is 0. The first-order chi connectivity index (χ1) is 30.3. The van der Waals surface area contributed by atoms with Crippen LogP contribution >= 0.6 is 0 Å². The Kier molecular flexibility index (Phi) is 69.4. The number of rotatable bonds is 6. The van der Waals surface area contributed by atoms with Gasteiger partial charge >= 0.3 is 0 Å². The van der Waals surface area contributed by atoms with Crippen LogP contribution in [0.2, 0.25) is 0 Å². The van der Waals surface area contributed by atoms with Crippen molar-refractivity contribution in [3.63, 3.8) is 0 Å². The number of hydrogen-bond donors (Lipinski definition) is 0. The van der Waals surface area contributed by atoms with Crippen LogP contribution in [-0.2, 0) is 0 Å². The molecule has 0 saturated carbocycles. The Morgan fingerprint density at radius 1 is 0.180 bits per heavy atom. The molecule has 1 radical (unpaired) electrons. The highest BCUT2D eigenvalue weighted by atomic mass is 14.1. The van der Waals surface area contributed by atoms with Crippen molar-refractivity contribution in [2.24, 2.45) is 0 Å². The third-order valence-electron chi connectivity index (χ3n) is 6.78. The molecule has 0 aliphatic heterocycles. The Labute approximate surface area is 385 Å². The van der Waals surface area contributed by atoms with E-state index in [2.05, 4.69) is 165 Å². The highest BCUT2D eigenvalue weighted by Gasteiger charge is 2.05. The average molecular weight is 830 g/mol. The molecular weight excluding hydrogens is 731 g/mol. The largest absolute Gasteiger partial charge is 0.191 e. The van der Waals surface area contributed by atoms with Crippen LogP contribution in [0.15, 0.2) is 158 Å². The fourth-order valence-corrected chi connectivity index (χ4v) is 4.74. The summed E-state index contributed by atoms with van der Waals surface area (Å²) in [6.45, 7) is 48.0. The van der Waals surface area contributed by atoms with Gasteiger partial charge in [0.15, 0.2) is 7.28 Å². The Morgan fingerprint density at radius 3 is 0.672 bits per heavy atom. The first-order valence-corrected chi connectivity index (χ1v) is 24.7. The van der Waals surface area contributed by atoms with Crippen molar-refractivity contribution in [3.05, 3.63) is 158 Å². The fourth-order valence-electron chi connectivity index (χ4n) is 4.74. The van der Waals surface area contributed by atoms with E-state index in [4.69, 9.17) is 0 Å². The van der Waals surface area contributed by atoms with E-state index in [9.17, 15) is 0 Å². The maximum absolute atomic E-state index is 2.26. The summed E-state index contributed by atoms with van der Waals surface area (Å²) in [7, 11) is 2.24. The van der Waals surface area contributed by atoms with Gasteiger partial charge in [-0.3, -0.25) is 0 Å². The lowest BCUT2D eigenvalue weighted by Crippen LogP contribution is -2.26. The van der Waals surface area contributed by atoms with Gasteiger partial charge < -0.3 is 0 Å². The lowest BCUT2D eigenvalue weighted by Gasteiger charge is -2.08. The van der Waals surface area contributed by atoms with Crippen molar-refractivity contribution in [2.75, 3.05) is 0 Å². The summed E-state index contributed by atoms with van der Waals surface area (Å²) in [4.78, 5) is 0. The summed E-state index contributed by atoms with van der Waals surface area (Å²) in [5.74, 6) is 0. The van der Waals surface area contributed by atoms with Crippen LogP contribution < -0.4 is 10.9 Å². The molecule has 1 heteroatoms. The van der Waals surface area contributed by atoms with E-state index in [1.165, 1.54) is 55.4 Å². The minimum absolute atomic E-state index is 1.20. The van der Waals surface area contributed by atoms with Crippen molar-refractivity contribution in [2.45, 2.75) is 166 Å². The molecule has 61 heavy (non-hydrogen) atoms. The van der Waals surface area contributed by atoms with Crippen molar-refractivity contribution < 1.29 is 0 Å². The van der Waals surface area contributed by atoms with Gasteiger partial charge in [0, 0.05) is 0 Å². The highest BCUT2D eigenvalue weighted by molar-refractivity contribution is 6.67. The molecule has 0 atom stereocenters. The van der Waals surface area contributed by atoms with Gasteiger partial charge in [0.1, 0.15) is 0 Å². The molecule has 6 aromatic carbocycles. The van der Waals surface area contributed by atoms with E-state index in [1.54, 1.807) is 0 Å². The quantitative estimate of drug-likeness (QED) is 0.147. The van der Waals surface area contributed by atoms with Crippen LogP contribution in [0.5, 0.6) is 0 Å². The third-order valence-corrected chi connectivity index (χ3v) is 6.78. The van der Waals surface area contributed by atoms with Crippen molar-refractivity contribution in [3.8, 4) is 44.5 Å². The molecule has 0 aromatic heterocycles. The monoisotopic (exact) mass is 830 g/mol. The average Bonchev–Trinajstić information content (AvgIpc) is 3.42. The van der Waals surface area contributed by atoms with Crippen molar-refractivity contribution >= 4 is 18.2 Å². The maximum atomic E-state index is 2.26. The van der Waals surface area contributed by atoms with E-state index in [1.807, 2.05) is 166 Å². The molecule has 6 rings (SSSR count). The molecule has 0 spiro atoms. The Bertz CT molecular complexity index is 1580. The molecule has 6 aromatic rings. The van der Waals surface area contributed by atoms with Crippen LogP contribution in [0.3, 0.4) is 0 Å². The van der Waals surface area contributed by atoms with Crippen LogP contribution in [-0.4, -0.2) is 7.28 Å². The van der Waals surface area contributed by atoms with Gasteiger partial charge in [-0.15, -0.1) is 0 Å². The molecule has 0 fully saturated rings. The molecule has 0 saturated heterocycles. The number of hydrogen-bond acceptors (Lipinski definition) is 0. The van der Waals surface area contributed by atoms with Crippen LogP contribution in [0.1, 0.15) is 166 Å². The Morgan fingerprint density at radius 2 is 0.393 bits per heavy atom. The normalized spacial score (nSPS) is 7.67. The zero-order valence-electron chi connectivity index (χ0n) is 44.6. The minimum atomic E-state index is 1.20. The Balaban J connectivity index is -0.000000211. The summed E-state index contributed by atoms with van der Waals surface area (Å²) in [6, 6.07) is 56.2. The standard InChI is InChI=1S/C36H26B.12C2H6/c1-3-8-27(9-4-1)29-14-16-31(17-15-29)32-22-24-35(25-23-32)37-36-13-7-12-34(26-36)33-20-18-30(19-21-33)28-10-5-2-6-11-28;12*1-2/h1-26H;12*1-2H3. The second kappa shape index (κ2) is 59.7. The fraction of sp³-hybridized carbons (Fsp3) is 0.400. The first-order valence-electron chi connectivity index (χ1n) is 24.7. The van der Waals surface area contributed by atoms with Crippen LogP contribution in [0.4, 0.5) is 0 Å². The van der Waals surface area contributed by atoms with Gasteiger partial charge in [0.05, 0.1) is 0 Å². The molecule has 0 aliphatic rings. The minimum Gasteiger partial charge on any atom is -0.0814 e. The number of benzene rings is 6. The van der Waals surface area contributed by atoms with E-state index in [0.29, 0.717) is 0 Å². The third kappa shape index (κ3) is 31.0. The zero-order valence-corrected chi connectivity index (χ0v) is 44.6. The SMILES string of the molecule is CC.CC.CC.CC.CC.CC.CC.CC.CC.CC.CC.CC.[B](c1ccc(-c2ccc(-c3ccccc3)cc2)cc1)c1cccc(-c2ccc(-c3ccccc3)cc2)c1. The van der Waals surface area contributed by atoms with Crippen LogP contribution in [0.25, 0.3) is 44.5 Å². The van der Waals surface area contributed by atoms with E-state index >= 15 is 0 Å². The van der Waals surface area contributed by atoms with Crippen LogP contribution in [0, 0.1) is 0 Å². The van der Waals surface area contributed by atoms with Gasteiger partial charge in [-0.2, -0.15) is 0 Å².